The number of rotatable bonds is 6. The molecule has 3 heterocycles. The highest BCUT2D eigenvalue weighted by Crippen LogP contribution is 2.56. The first-order chi connectivity index (χ1) is 37.2. The Bertz CT molecular complexity index is 3780. The standard InChI is InChI=1S/C74H80BN3S/c1-69(2,3)48-29-27-47(28-30-48)56-45-58-59(74(15,16)40-39-73(58,13)14)46-62(56)78-64-44-55(76(52-23-19-17-20-24-52)53-25-21-18-22-26-53)43-63-66(64)75(68-67(78)57-41-50(71(7,8)9)34-38-65(57)79-68)60-42-51(72(10,11)12)33-37-61(60)77(63)54-35-31-49(32-36-54)70(4,5)6/h17-38,41-46H,39-40H2,1-16H3. The van der Waals surface area contributed by atoms with Gasteiger partial charge in [0.05, 0.1) is 17.1 Å². The number of thiophene rings is 1. The van der Waals surface area contributed by atoms with Crippen LogP contribution in [0.3, 0.4) is 0 Å². The quantitative estimate of drug-likeness (QED) is 0.154. The van der Waals surface area contributed by atoms with E-state index in [9.17, 15) is 0 Å². The molecule has 0 N–H and O–H groups in total. The summed E-state index contributed by atoms with van der Waals surface area (Å²) in [6.07, 6.45) is 2.27. The van der Waals surface area contributed by atoms with Gasteiger partial charge in [-0.05, 0) is 174 Å². The van der Waals surface area contributed by atoms with E-state index in [1.807, 2.05) is 11.3 Å². The van der Waals surface area contributed by atoms with Crippen LogP contribution in [0.4, 0.5) is 51.2 Å². The first-order valence-corrected chi connectivity index (χ1v) is 29.8. The third kappa shape index (κ3) is 9.04. The smallest absolute Gasteiger partial charge is 0.264 e. The maximum atomic E-state index is 2.78. The molecule has 0 saturated carbocycles. The van der Waals surface area contributed by atoms with Gasteiger partial charge in [0.25, 0.3) is 6.71 Å². The number of hydrogen-bond acceptors (Lipinski definition) is 4. The highest BCUT2D eigenvalue weighted by molar-refractivity contribution is 7.33. The van der Waals surface area contributed by atoms with Crippen LogP contribution in [0.25, 0.3) is 21.2 Å². The molecule has 3 aliphatic rings. The lowest BCUT2D eigenvalue weighted by atomic mass is 9.36. The van der Waals surface area contributed by atoms with Gasteiger partial charge in [-0.3, -0.25) is 0 Å². The number of hydrogen-bond donors (Lipinski definition) is 0. The van der Waals surface area contributed by atoms with Gasteiger partial charge in [-0.15, -0.1) is 11.3 Å². The van der Waals surface area contributed by atoms with Crippen LogP contribution in [-0.2, 0) is 32.5 Å². The SMILES string of the molecule is CC(C)(C)c1ccc(-c2cc3c(cc2N2c4cc(N(c5ccccc5)c5ccccc5)cc5c4B(c4cc(C(C)(C)C)ccc4N5c4ccc(C(C)(C)C)cc4)c4sc5ccc(C(C)(C)C)cc5c42)C(C)(C)CCC3(C)C)cc1. The third-order valence-electron chi connectivity index (χ3n) is 17.9. The van der Waals surface area contributed by atoms with Crippen molar-refractivity contribution < 1.29 is 0 Å². The van der Waals surface area contributed by atoms with E-state index in [1.54, 1.807) is 0 Å². The van der Waals surface area contributed by atoms with Gasteiger partial charge in [0.2, 0.25) is 0 Å². The molecule has 3 nitrogen and oxygen atoms in total. The highest BCUT2D eigenvalue weighted by atomic mass is 32.1. The monoisotopic (exact) mass is 1050 g/mol. The van der Waals surface area contributed by atoms with E-state index in [4.69, 9.17) is 0 Å². The number of nitrogens with zero attached hydrogens (tertiary/aromatic N) is 3. The summed E-state index contributed by atoms with van der Waals surface area (Å²) in [5.41, 5.74) is 24.0. The molecule has 12 rings (SSSR count). The fourth-order valence-electron chi connectivity index (χ4n) is 12.9. The third-order valence-corrected chi connectivity index (χ3v) is 19.2. The first-order valence-electron chi connectivity index (χ1n) is 29.0. The van der Waals surface area contributed by atoms with E-state index < -0.39 is 0 Å². The average Bonchev–Trinajstić information content (AvgIpc) is 2.97. The Kier molecular flexibility index (Phi) is 12.3. The molecular weight excluding hydrogens is 974 g/mol. The molecule has 1 aromatic heterocycles. The average molecular weight is 1050 g/mol. The van der Waals surface area contributed by atoms with E-state index in [0.29, 0.717) is 0 Å². The predicted molar refractivity (Wildman–Crippen MR) is 346 cm³/mol. The molecule has 0 fully saturated rings. The molecule has 5 heteroatoms. The van der Waals surface area contributed by atoms with Crippen LogP contribution in [0, 0.1) is 0 Å². The highest BCUT2D eigenvalue weighted by Gasteiger charge is 2.48. The van der Waals surface area contributed by atoms with Crippen LogP contribution in [0.5, 0.6) is 0 Å². The molecule has 0 saturated heterocycles. The summed E-state index contributed by atoms with van der Waals surface area (Å²) in [6, 6.07) is 66.2. The van der Waals surface area contributed by atoms with Gasteiger partial charge >= 0.3 is 0 Å². The Morgan fingerprint density at radius 2 is 0.924 bits per heavy atom. The molecule has 8 aromatic carbocycles. The van der Waals surface area contributed by atoms with Crippen LogP contribution in [-0.4, -0.2) is 6.71 Å². The van der Waals surface area contributed by atoms with E-state index in [-0.39, 0.29) is 39.2 Å². The van der Waals surface area contributed by atoms with Crippen LogP contribution in [0.1, 0.15) is 157 Å². The van der Waals surface area contributed by atoms with Gasteiger partial charge in [0, 0.05) is 54.6 Å². The summed E-state index contributed by atoms with van der Waals surface area (Å²) in [6.45, 7) is 38.0. The first kappa shape index (κ1) is 52.9. The summed E-state index contributed by atoms with van der Waals surface area (Å²) >= 11 is 2.00. The molecule has 79 heavy (non-hydrogen) atoms. The minimum atomic E-state index is -0.0699. The Morgan fingerprint density at radius 3 is 1.47 bits per heavy atom. The van der Waals surface area contributed by atoms with Gasteiger partial charge in [-0.25, -0.2) is 0 Å². The summed E-state index contributed by atoms with van der Waals surface area (Å²) in [7, 11) is 0. The second-order valence-corrected chi connectivity index (χ2v) is 29.7. The molecule has 0 unspecified atom stereocenters. The Balaban J connectivity index is 1.28. The zero-order valence-electron chi connectivity index (χ0n) is 49.9. The molecule has 0 bridgehead atoms. The second kappa shape index (κ2) is 18.4. The predicted octanol–water partition coefficient (Wildman–Crippen LogP) is 19.7. The number of para-hydroxylation sites is 2. The molecule has 0 spiro atoms. The van der Waals surface area contributed by atoms with Crippen molar-refractivity contribution in [1.82, 2.24) is 0 Å². The van der Waals surface area contributed by atoms with Crippen LogP contribution >= 0.6 is 11.3 Å². The van der Waals surface area contributed by atoms with Crippen LogP contribution < -0.4 is 30.4 Å². The summed E-state index contributed by atoms with van der Waals surface area (Å²) in [4.78, 5) is 7.87. The van der Waals surface area contributed by atoms with Gasteiger partial charge in [0.15, 0.2) is 0 Å². The topological polar surface area (TPSA) is 9.72 Å². The summed E-state index contributed by atoms with van der Waals surface area (Å²) in [5.74, 6) is 0. The lowest BCUT2D eigenvalue weighted by Gasteiger charge is -2.46. The Morgan fingerprint density at radius 1 is 0.443 bits per heavy atom. The van der Waals surface area contributed by atoms with Gasteiger partial charge in [0.1, 0.15) is 0 Å². The molecule has 0 atom stereocenters. The molecule has 400 valence electrons. The van der Waals surface area contributed by atoms with Crippen molar-refractivity contribution in [3.05, 3.63) is 203 Å². The zero-order chi connectivity index (χ0) is 55.9. The van der Waals surface area contributed by atoms with Crippen molar-refractivity contribution >= 4 is 95.0 Å². The lowest BCUT2D eigenvalue weighted by molar-refractivity contribution is 0.332. The largest absolute Gasteiger partial charge is 0.311 e. The van der Waals surface area contributed by atoms with E-state index in [0.717, 1.165) is 35.6 Å². The minimum Gasteiger partial charge on any atom is -0.311 e. The fourth-order valence-corrected chi connectivity index (χ4v) is 14.2. The molecule has 0 radical (unpaired) electrons. The molecular formula is C74H80BN3S. The summed E-state index contributed by atoms with van der Waals surface area (Å²) in [5, 5.41) is 1.31. The van der Waals surface area contributed by atoms with Crippen LogP contribution in [0.15, 0.2) is 170 Å². The van der Waals surface area contributed by atoms with E-state index in [1.165, 1.54) is 98.7 Å². The van der Waals surface area contributed by atoms with Crippen molar-refractivity contribution in [2.75, 3.05) is 14.7 Å². The van der Waals surface area contributed by atoms with Gasteiger partial charge < -0.3 is 14.7 Å². The van der Waals surface area contributed by atoms with E-state index in [2.05, 4.69) is 295 Å². The normalized spacial score (nSPS) is 15.6. The Hall–Kier alpha value is -6.82. The number of fused-ring (bicyclic) bond motifs is 7. The van der Waals surface area contributed by atoms with Crippen LogP contribution in [0.2, 0.25) is 0 Å². The lowest BCUT2D eigenvalue weighted by Crippen LogP contribution is -2.60. The molecule has 0 amide bonds. The van der Waals surface area contributed by atoms with Gasteiger partial charge in [-0.2, -0.15) is 0 Å². The maximum Gasteiger partial charge on any atom is 0.264 e. The van der Waals surface area contributed by atoms with Crippen molar-refractivity contribution in [3.8, 4) is 11.1 Å². The van der Waals surface area contributed by atoms with E-state index >= 15 is 0 Å². The Labute approximate surface area is 477 Å². The fraction of sp³-hybridized carbons (Fsp3) is 0.324. The van der Waals surface area contributed by atoms with Gasteiger partial charge in [-0.1, -0.05) is 202 Å². The number of anilines is 9. The van der Waals surface area contributed by atoms with Crippen molar-refractivity contribution in [2.45, 2.75) is 156 Å². The molecule has 2 aliphatic heterocycles. The zero-order valence-corrected chi connectivity index (χ0v) is 50.7. The summed E-state index contributed by atoms with van der Waals surface area (Å²) < 4.78 is 2.71. The minimum absolute atomic E-state index is 0.000781. The van der Waals surface area contributed by atoms with Crippen molar-refractivity contribution in [1.29, 1.82) is 0 Å². The maximum absolute atomic E-state index is 2.78. The van der Waals surface area contributed by atoms with Crippen molar-refractivity contribution in [2.24, 2.45) is 0 Å². The second-order valence-electron chi connectivity index (χ2n) is 28.6. The van der Waals surface area contributed by atoms with Crippen molar-refractivity contribution in [3.63, 3.8) is 0 Å². The molecule has 9 aromatic rings. The molecule has 1 aliphatic carbocycles. The number of benzene rings is 8.